The van der Waals surface area contributed by atoms with Crippen LogP contribution in [0.1, 0.15) is 232 Å². The number of aliphatic hydroxyl groups excluding tert-OH is 2. The lowest BCUT2D eigenvalue weighted by Gasteiger charge is -2.72. The van der Waals surface area contributed by atoms with Crippen LogP contribution in [0.25, 0.3) is 10.8 Å². The number of benzene rings is 5. The van der Waals surface area contributed by atoms with Crippen molar-refractivity contribution in [3.05, 3.63) is 179 Å². The van der Waals surface area contributed by atoms with Gasteiger partial charge in [0.25, 0.3) is 0 Å². The van der Waals surface area contributed by atoms with Crippen LogP contribution < -0.4 is 0 Å². The van der Waals surface area contributed by atoms with Crippen LogP contribution >= 0.6 is 0 Å². The van der Waals surface area contributed by atoms with Gasteiger partial charge in [-0.3, -0.25) is 4.79 Å². The predicted molar refractivity (Wildman–Crippen MR) is 375 cm³/mol. The zero-order chi connectivity index (χ0) is 64.7. The summed E-state index contributed by atoms with van der Waals surface area (Å²) >= 11 is 0. The van der Waals surface area contributed by atoms with Crippen LogP contribution in [0.15, 0.2) is 145 Å². The van der Waals surface area contributed by atoms with Crippen molar-refractivity contribution in [3.8, 4) is 11.8 Å². The monoisotopic (exact) mass is 1270 g/mol. The van der Waals surface area contributed by atoms with Crippen molar-refractivity contribution in [2.24, 2.45) is 73.9 Å². The van der Waals surface area contributed by atoms with Crippen LogP contribution in [0.2, 0.25) is 0 Å². The molecule has 0 saturated heterocycles. The molecule has 5 aromatic carbocycles. The van der Waals surface area contributed by atoms with Gasteiger partial charge in [-0.15, -0.1) is 5.92 Å². The lowest BCUT2D eigenvalue weighted by molar-refractivity contribution is -0.343. The smallest absolute Gasteiger partial charge is 0.331 e. The second kappa shape index (κ2) is 23.4. The molecule has 20 atom stereocenters. The lowest BCUT2D eigenvalue weighted by atomic mass is 9.34. The summed E-state index contributed by atoms with van der Waals surface area (Å²) in [4.78, 5) is 29.7. The molecule has 7 heteroatoms. The number of aryl methyl sites for hydroxylation is 1. The van der Waals surface area contributed by atoms with Crippen LogP contribution in [-0.4, -0.2) is 57.8 Å². The Morgan fingerprint density at radius 1 is 0.705 bits per heavy atom. The van der Waals surface area contributed by atoms with Crippen LogP contribution in [-0.2, 0) is 37.3 Å². The van der Waals surface area contributed by atoms with Gasteiger partial charge >= 0.3 is 11.9 Å². The SMILES string of the molecule is C[C@H](CCCc1ccccc1)C[C@@H]1/C=C/[C@@H]2CC[C@H](Cc3ccccc3)C[C@]23CC#C[C@@]2(C)C[C@@H](OC3=O)[C@H]3[C@](C)([C@@H]4CC[C@]56CC7(CCCC7)[C@H]7C[C@]8(c9ccccc9)CCCC[C@@H]8c8ccc9cccc(c9c8[C@H]75)[C@@H]6C4)CC[C@@H](O)[C@@]3([C@H]1O)[C@@]2(O)CCC1=CC(=O)OC1. The molecule has 0 aromatic heterocycles. The van der Waals surface area contributed by atoms with E-state index in [0.29, 0.717) is 56.3 Å². The molecular weight excluding hydrogens is 1170 g/mol. The summed E-state index contributed by atoms with van der Waals surface area (Å²) < 4.78 is 13.4. The largest absolute Gasteiger partial charge is 0.462 e. The minimum Gasteiger partial charge on any atom is -0.462 e. The molecule has 0 amide bonds. The maximum Gasteiger partial charge on any atom is 0.331 e. The van der Waals surface area contributed by atoms with Gasteiger partial charge in [-0.05, 0) is 249 Å². The van der Waals surface area contributed by atoms with Gasteiger partial charge in [-0.1, -0.05) is 185 Å². The highest BCUT2D eigenvalue weighted by Crippen LogP contribution is 2.82. The molecule has 17 rings (SSSR count). The first-order valence-corrected chi connectivity index (χ1v) is 38.1. The second-order valence-corrected chi connectivity index (χ2v) is 34.6. The molecule has 7 fully saturated rings. The summed E-state index contributed by atoms with van der Waals surface area (Å²) in [6.07, 6.45) is 28.0. The number of hydrogen-bond donors (Lipinski definition) is 3. The fourth-order valence-corrected chi connectivity index (χ4v) is 26.5. The van der Waals surface area contributed by atoms with Crippen molar-refractivity contribution >= 4 is 22.7 Å². The zero-order valence-electron chi connectivity index (χ0n) is 57.1. The Morgan fingerprint density at radius 2 is 1.47 bits per heavy atom. The Balaban J connectivity index is 0.836. The fourth-order valence-electron chi connectivity index (χ4n) is 26.5. The Morgan fingerprint density at radius 3 is 2.25 bits per heavy atom. The quantitative estimate of drug-likeness (QED) is 0.0611. The van der Waals surface area contributed by atoms with E-state index in [-0.39, 0.29) is 77.2 Å². The number of carbonyl (C=O) groups is 2. The van der Waals surface area contributed by atoms with E-state index >= 15 is 9.90 Å². The highest BCUT2D eigenvalue weighted by Gasteiger charge is 2.80. The van der Waals surface area contributed by atoms with Gasteiger partial charge in [0.05, 0.1) is 34.1 Å². The number of esters is 2. The highest BCUT2D eigenvalue weighted by atomic mass is 16.5. The van der Waals surface area contributed by atoms with E-state index in [9.17, 15) is 15.0 Å². The van der Waals surface area contributed by atoms with Crippen molar-refractivity contribution in [1.29, 1.82) is 0 Å². The molecule has 9 aliphatic carbocycles. The average Bonchev–Trinajstić information content (AvgIpc) is 1.63. The first-order valence-electron chi connectivity index (χ1n) is 38.1. The van der Waals surface area contributed by atoms with Crippen molar-refractivity contribution in [2.75, 3.05) is 6.61 Å². The van der Waals surface area contributed by atoms with Gasteiger partial charge in [-0.2, -0.15) is 0 Å². The summed E-state index contributed by atoms with van der Waals surface area (Å²) in [5, 5.41) is 47.5. The topological polar surface area (TPSA) is 113 Å². The van der Waals surface area contributed by atoms with Crippen LogP contribution in [0.3, 0.4) is 0 Å². The van der Waals surface area contributed by atoms with E-state index in [0.717, 1.165) is 63.4 Å². The second-order valence-electron chi connectivity index (χ2n) is 34.6. The predicted octanol–water partition coefficient (Wildman–Crippen LogP) is 18.1. The number of rotatable bonds is 13. The van der Waals surface area contributed by atoms with Gasteiger partial charge in [0, 0.05) is 36.2 Å². The van der Waals surface area contributed by atoms with Gasteiger partial charge < -0.3 is 24.8 Å². The lowest BCUT2D eigenvalue weighted by Crippen LogP contribution is -2.80. The number of carbonyl (C=O) groups excluding carboxylic acids is 2. The third-order valence-corrected chi connectivity index (χ3v) is 30.5. The van der Waals surface area contributed by atoms with Gasteiger partial charge in [0.1, 0.15) is 12.7 Å². The number of fused-ring (bicyclic) bond motifs is 6. The van der Waals surface area contributed by atoms with Crippen LogP contribution in [0, 0.1) is 85.8 Å². The first kappa shape index (κ1) is 62.7. The molecule has 0 unspecified atom stereocenters. The molecule has 5 aromatic rings. The Kier molecular flexibility index (Phi) is 15.5. The standard InChI is InChI=1S/C88H104O7/c1-57(20-17-25-58-21-7-4-8-22-58)48-63-32-35-65-34-31-60(49-59-23-9-5-10-24-59)52-85(65)44-19-40-81(2)54-72(95-80(85)92)78-82(3,45-39-73(89)88(78,79(63)91)87(81,93)47-37-61-50-74(90)94-55-61)66-38-46-86-56-83(41-15-16-42-83)71-53-84(64-27-11-6-12-28-64)43-14-13-30-69(84)68-36-33-62-26-18-29-67(70(86)51-66)75(62)76(68)77(71)86/h4-12,18,21-24,26-29,32-33,35-36,50,57,60,63,65-66,69-73,77-79,89,91,93H,13-17,20,25,30-31,34,37-39,41-49,51-56H2,1-3H3/b35-32+/t57-,60-,63+,65+,66-,69-,70+,71+,72-,73-,77+,78+,79+,81+,82+,84+,85-,86-,87-,88-/m1/s1. The molecule has 95 heavy (non-hydrogen) atoms. The van der Waals surface area contributed by atoms with E-state index < -0.39 is 57.4 Å². The van der Waals surface area contributed by atoms with Crippen molar-refractivity contribution < 1.29 is 34.4 Å². The molecule has 0 radical (unpaired) electrons. The number of ether oxygens (including phenoxy) is 2. The first-order chi connectivity index (χ1) is 46.1. The average molecular weight is 1270 g/mol. The van der Waals surface area contributed by atoms with E-state index in [1.165, 1.54) is 80.7 Å². The Bertz CT molecular complexity index is 3890. The van der Waals surface area contributed by atoms with E-state index in [1.807, 2.05) is 0 Å². The number of aliphatic hydroxyl groups is 3. The van der Waals surface area contributed by atoms with Gasteiger partial charge in [0.15, 0.2) is 0 Å². The number of hydrogen-bond acceptors (Lipinski definition) is 7. The third-order valence-electron chi connectivity index (χ3n) is 30.5. The van der Waals surface area contributed by atoms with Crippen LogP contribution in [0.4, 0.5) is 0 Å². The zero-order valence-corrected chi connectivity index (χ0v) is 57.1. The summed E-state index contributed by atoms with van der Waals surface area (Å²) in [6, 6.07) is 45.9. The van der Waals surface area contributed by atoms with Crippen molar-refractivity contribution in [3.63, 3.8) is 0 Å². The molecule has 12 aliphatic rings. The summed E-state index contributed by atoms with van der Waals surface area (Å²) in [6.45, 7) is 7.08. The van der Waals surface area contributed by atoms with Crippen molar-refractivity contribution in [2.45, 2.75) is 241 Å². The van der Waals surface area contributed by atoms with Crippen molar-refractivity contribution in [1.82, 2.24) is 0 Å². The molecule has 3 N–H and O–H groups in total. The number of allylic oxidation sites excluding steroid dienone is 1. The minimum atomic E-state index is -1.82. The molecule has 3 spiro atoms. The van der Waals surface area contributed by atoms with E-state index in [1.54, 1.807) is 33.7 Å². The molecular formula is C88H104O7. The summed E-state index contributed by atoms with van der Waals surface area (Å²) in [7, 11) is 0. The third kappa shape index (κ3) is 9.39. The molecule has 4 bridgehead atoms. The molecule has 7 saturated carbocycles. The Labute approximate surface area is 566 Å². The molecule has 3 heterocycles. The minimum absolute atomic E-state index is 0.0555. The maximum absolute atomic E-state index is 16.7. The maximum atomic E-state index is 16.7. The van der Waals surface area contributed by atoms with Gasteiger partial charge in [-0.25, -0.2) is 4.79 Å². The van der Waals surface area contributed by atoms with E-state index in [2.05, 4.69) is 166 Å². The fraction of sp³-hybridized carbons (Fsp3) is 0.591. The van der Waals surface area contributed by atoms with E-state index in [4.69, 9.17) is 9.47 Å². The summed E-state index contributed by atoms with van der Waals surface area (Å²) in [5.41, 5.74) is 4.04. The molecule has 3 aliphatic heterocycles. The highest BCUT2D eigenvalue weighted by molar-refractivity contribution is 5.93. The normalized spacial score (nSPS) is 41.5. The van der Waals surface area contributed by atoms with Gasteiger partial charge in [0.2, 0.25) is 0 Å². The van der Waals surface area contributed by atoms with Crippen LogP contribution in [0.5, 0.6) is 0 Å². The molecule has 7 nitrogen and oxygen atoms in total. The molecule has 498 valence electrons. The Hall–Kier alpha value is -5.78. The summed E-state index contributed by atoms with van der Waals surface area (Å²) in [5.74, 6) is 8.09. The number of cyclic esters (lactones) is 1.